The Balaban J connectivity index is 1.07. The van der Waals surface area contributed by atoms with Crippen molar-refractivity contribution < 1.29 is 23.9 Å². The lowest BCUT2D eigenvalue weighted by Crippen LogP contribution is -2.50. The number of fused-ring (bicyclic) bond motifs is 3. The molecule has 7 rings (SSSR count). The molecule has 1 atom stereocenters. The Bertz CT molecular complexity index is 2000. The van der Waals surface area contributed by atoms with E-state index in [1.54, 1.807) is 0 Å². The van der Waals surface area contributed by atoms with E-state index in [1.807, 2.05) is 158 Å². The number of ether oxygens (including phenoxy) is 2. The van der Waals surface area contributed by atoms with E-state index < -0.39 is 36.2 Å². The topological polar surface area (TPSA) is 93.7 Å². The molecule has 7 heteroatoms. The van der Waals surface area contributed by atoms with Crippen molar-refractivity contribution in [1.82, 2.24) is 10.6 Å². The molecule has 52 heavy (non-hydrogen) atoms. The summed E-state index contributed by atoms with van der Waals surface area (Å²) in [7, 11) is 0. The summed E-state index contributed by atoms with van der Waals surface area (Å²) in [6.07, 6.45) is -0.537. The van der Waals surface area contributed by atoms with Gasteiger partial charge in [-0.2, -0.15) is 0 Å². The molecule has 1 aliphatic rings. The molecule has 2 amide bonds. The second-order valence-electron chi connectivity index (χ2n) is 12.7. The molecule has 0 spiro atoms. The summed E-state index contributed by atoms with van der Waals surface area (Å²) < 4.78 is 12.2. The Morgan fingerprint density at radius 2 is 1.02 bits per heavy atom. The third-order valence-corrected chi connectivity index (χ3v) is 9.45. The number of carbonyl (C=O) groups excluding carboxylic acids is 3. The van der Waals surface area contributed by atoms with Gasteiger partial charge in [0, 0.05) is 29.0 Å². The summed E-state index contributed by atoms with van der Waals surface area (Å²) >= 11 is 0. The lowest BCUT2D eigenvalue weighted by atomic mass is 9.80. The molecule has 0 aromatic heterocycles. The third-order valence-electron chi connectivity index (χ3n) is 9.45. The summed E-state index contributed by atoms with van der Waals surface area (Å²) in [5.41, 5.74) is 6.24. The lowest BCUT2D eigenvalue weighted by molar-refractivity contribution is -0.153. The Labute approximate surface area is 303 Å². The largest absolute Gasteiger partial charge is 0.449 e. The number of hydrogen-bond donors (Lipinski definition) is 2. The molecule has 6 aromatic carbocycles. The van der Waals surface area contributed by atoms with Crippen LogP contribution in [-0.4, -0.2) is 37.2 Å². The van der Waals surface area contributed by atoms with Gasteiger partial charge in [-0.15, -0.1) is 0 Å². The van der Waals surface area contributed by atoms with Crippen molar-refractivity contribution in [3.05, 3.63) is 203 Å². The maximum Gasteiger partial charge on any atom is 0.407 e. The van der Waals surface area contributed by atoms with Crippen LogP contribution in [0, 0.1) is 0 Å². The molecule has 7 nitrogen and oxygen atoms in total. The van der Waals surface area contributed by atoms with Crippen molar-refractivity contribution in [2.24, 2.45) is 0 Å². The van der Waals surface area contributed by atoms with E-state index in [2.05, 4.69) is 22.8 Å². The van der Waals surface area contributed by atoms with E-state index >= 15 is 0 Å². The summed E-state index contributed by atoms with van der Waals surface area (Å²) in [6.45, 7) is -0.322. The monoisotopic (exact) mass is 686 g/mol. The Kier molecular flexibility index (Phi) is 10.2. The number of amides is 2. The van der Waals surface area contributed by atoms with Crippen molar-refractivity contribution in [2.75, 3.05) is 13.2 Å². The number of carbonyl (C=O) groups is 3. The molecule has 2 N–H and O–H groups in total. The zero-order chi connectivity index (χ0) is 35.8. The fourth-order valence-electron chi connectivity index (χ4n) is 7.03. The average Bonchev–Trinajstić information content (AvgIpc) is 3.52. The van der Waals surface area contributed by atoms with Gasteiger partial charge in [-0.05, 0) is 27.8 Å². The first-order valence-electron chi connectivity index (χ1n) is 17.3. The van der Waals surface area contributed by atoms with Gasteiger partial charge < -0.3 is 20.1 Å². The Hall–Kier alpha value is -6.47. The Morgan fingerprint density at radius 1 is 0.577 bits per heavy atom. The molecule has 0 fully saturated rings. The fourth-order valence-corrected chi connectivity index (χ4v) is 7.03. The molecule has 0 heterocycles. The van der Waals surface area contributed by atoms with E-state index in [0.717, 1.165) is 44.5 Å². The predicted molar refractivity (Wildman–Crippen MR) is 200 cm³/mol. The second kappa shape index (κ2) is 15.6. The average molecular weight is 687 g/mol. The first-order chi connectivity index (χ1) is 25.5. The molecule has 1 aliphatic carbocycles. The summed E-state index contributed by atoms with van der Waals surface area (Å²) in [5.74, 6) is -1.32. The highest BCUT2D eigenvalue weighted by molar-refractivity contribution is 5.89. The summed E-state index contributed by atoms with van der Waals surface area (Å²) in [4.78, 5) is 40.9. The smallest absolute Gasteiger partial charge is 0.407 e. The molecule has 0 unspecified atom stereocenters. The van der Waals surface area contributed by atoms with Gasteiger partial charge in [0.25, 0.3) is 0 Å². The van der Waals surface area contributed by atoms with Crippen LogP contribution in [0.15, 0.2) is 170 Å². The minimum Gasteiger partial charge on any atom is -0.449 e. The number of esters is 1. The SMILES string of the molecule is O=C(CNC(=O)[C@H](Cc1ccccc1)NC(=O)OCC1c2ccccc2-c2ccccc21)OC(c1ccccc1)(c1ccccc1)c1ccccc1. The van der Waals surface area contributed by atoms with Crippen molar-refractivity contribution in [3.8, 4) is 11.1 Å². The normalized spacial score (nSPS) is 12.5. The van der Waals surface area contributed by atoms with Gasteiger partial charge in [-0.25, -0.2) is 4.79 Å². The summed E-state index contributed by atoms with van der Waals surface area (Å²) in [6, 6.07) is 53.1. The zero-order valence-corrected chi connectivity index (χ0v) is 28.5. The molecule has 0 aliphatic heterocycles. The number of alkyl carbamates (subject to hydrolysis) is 1. The van der Waals surface area contributed by atoms with Gasteiger partial charge in [0.05, 0.1) is 0 Å². The van der Waals surface area contributed by atoms with Crippen LogP contribution >= 0.6 is 0 Å². The quantitative estimate of drug-likeness (QED) is 0.101. The highest BCUT2D eigenvalue weighted by Crippen LogP contribution is 2.44. The van der Waals surface area contributed by atoms with Crippen molar-refractivity contribution in [3.63, 3.8) is 0 Å². The predicted octanol–water partition coefficient (Wildman–Crippen LogP) is 7.79. The van der Waals surface area contributed by atoms with E-state index in [1.165, 1.54) is 0 Å². The van der Waals surface area contributed by atoms with Gasteiger partial charge in [0.15, 0.2) is 5.60 Å². The van der Waals surface area contributed by atoms with Gasteiger partial charge >= 0.3 is 12.1 Å². The molecule has 0 bridgehead atoms. The second-order valence-corrected chi connectivity index (χ2v) is 12.7. The number of hydrogen-bond acceptors (Lipinski definition) is 5. The van der Waals surface area contributed by atoms with E-state index in [0.29, 0.717) is 0 Å². The number of nitrogens with one attached hydrogen (secondary N) is 2. The minimum absolute atomic E-state index is 0.104. The molecular formula is C45H38N2O5. The number of rotatable bonds is 12. The molecule has 0 radical (unpaired) electrons. The first-order valence-corrected chi connectivity index (χ1v) is 17.3. The highest BCUT2D eigenvalue weighted by Gasteiger charge is 2.40. The van der Waals surface area contributed by atoms with Crippen LogP contribution in [0.1, 0.15) is 39.3 Å². The van der Waals surface area contributed by atoms with Gasteiger partial charge in [0.1, 0.15) is 19.2 Å². The Morgan fingerprint density at radius 3 is 1.52 bits per heavy atom. The van der Waals surface area contributed by atoms with Crippen molar-refractivity contribution in [1.29, 1.82) is 0 Å². The van der Waals surface area contributed by atoms with Crippen LogP contribution < -0.4 is 10.6 Å². The van der Waals surface area contributed by atoms with Gasteiger partial charge in [0.2, 0.25) is 5.91 Å². The van der Waals surface area contributed by atoms with Crippen LogP contribution in [0.25, 0.3) is 11.1 Å². The maximum absolute atomic E-state index is 13.8. The highest BCUT2D eigenvalue weighted by atomic mass is 16.6. The summed E-state index contributed by atoms with van der Waals surface area (Å²) in [5, 5.41) is 5.49. The standard InChI is InChI=1S/C45H38N2O5/c48-42(52-45(33-19-7-2-8-20-33,34-21-9-3-10-22-34)35-23-11-4-12-24-35)30-46-43(49)41(29-32-17-5-1-6-18-32)47-44(50)51-31-40-38-27-15-13-25-36(38)37-26-14-16-28-39(37)40/h1-28,40-41H,29-31H2,(H,46,49)(H,47,50)/t41-/m0/s1. The molecule has 0 saturated carbocycles. The van der Waals surface area contributed by atoms with Crippen LogP contribution in [0.3, 0.4) is 0 Å². The van der Waals surface area contributed by atoms with Crippen molar-refractivity contribution in [2.45, 2.75) is 24.0 Å². The van der Waals surface area contributed by atoms with E-state index in [9.17, 15) is 14.4 Å². The van der Waals surface area contributed by atoms with Crippen LogP contribution in [0.4, 0.5) is 4.79 Å². The molecule has 0 saturated heterocycles. The van der Waals surface area contributed by atoms with Gasteiger partial charge in [-0.1, -0.05) is 170 Å². The van der Waals surface area contributed by atoms with Crippen LogP contribution in [0.2, 0.25) is 0 Å². The minimum atomic E-state index is -1.28. The molecule has 6 aromatic rings. The molecular weight excluding hydrogens is 649 g/mol. The molecule has 258 valence electrons. The van der Waals surface area contributed by atoms with Crippen LogP contribution in [0.5, 0.6) is 0 Å². The third kappa shape index (κ3) is 7.21. The number of benzene rings is 6. The maximum atomic E-state index is 13.8. The first kappa shape index (κ1) is 34.0. The fraction of sp³-hybridized carbons (Fsp3) is 0.133. The van der Waals surface area contributed by atoms with Gasteiger partial charge in [-0.3, -0.25) is 9.59 Å². The van der Waals surface area contributed by atoms with Crippen LogP contribution in [-0.2, 0) is 31.1 Å². The van der Waals surface area contributed by atoms with E-state index in [4.69, 9.17) is 9.47 Å². The van der Waals surface area contributed by atoms with E-state index in [-0.39, 0.29) is 18.9 Å². The van der Waals surface area contributed by atoms with Crippen molar-refractivity contribution >= 4 is 18.0 Å². The lowest BCUT2D eigenvalue weighted by Gasteiger charge is -2.35. The zero-order valence-electron chi connectivity index (χ0n) is 28.5.